The Hall–Kier alpha value is -0.420. The largest absolute Gasteiger partial charge is 0.298 e. The number of Topliss-reactive ketones (excluding diaryl/α,β-unsaturated/α-hetero) is 1. The first-order valence-corrected chi connectivity index (χ1v) is 7.85. The molecule has 5 heteroatoms. The maximum atomic E-state index is 12.6. The van der Waals surface area contributed by atoms with Crippen molar-refractivity contribution in [1.29, 1.82) is 0 Å². The topological polar surface area (TPSA) is 63.2 Å². The van der Waals surface area contributed by atoms with Crippen LogP contribution >= 0.6 is 0 Å². The van der Waals surface area contributed by atoms with Crippen molar-refractivity contribution in [3.05, 3.63) is 0 Å². The molecular formula is C12H19NO3S. The Balaban J connectivity index is 2.06. The molecule has 3 saturated carbocycles. The van der Waals surface area contributed by atoms with E-state index >= 15 is 0 Å². The van der Waals surface area contributed by atoms with Crippen LogP contribution < -0.4 is 4.72 Å². The average Bonchev–Trinajstić information content (AvgIpc) is 2.92. The van der Waals surface area contributed by atoms with Crippen LogP contribution in [0.25, 0.3) is 0 Å². The van der Waals surface area contributed by atoms with Gasteiger partial charge in [0.1, 0.15) is 4.75 Å². The maximum Gasteiger partial charge on any atom is 0.225 e. The summed E-state index contributed by atoms with van der Waals surface area (Å²) in [5, 5.41) is 0. The summed E-state index contributed by atoms with van der Waals surface area (Å²) in [6.07, 6.45) is 3.63. The van der Waals surface area contributed by atoms with Gasteiger partial charge in [-0.05, 0) is 37.0 Å². The van der Waals surface area contributed by atoms with E-state index in [4.69, 9.17) is 0 Å². The fourth-order valence-corrected chi connectivity index (χ4v) is 6.29. The summed E-state index contributed by atoms with van der Waals surface area (Å²) >= 11 is 0. The quantitative estimate of drug-likeness (QED) is 0.826. The zero-order valence-electron chi connectivity index (χ0n) is 10.3. The number of fused-ring (bicyclic) bond motifs is 2. The standard InChI is InChI=1S/C12H19NO3S/c1-11(2)8-5-6-12(11,10(14)7-8)17(15,16)13-9-3-4-9/h8-9,13H,3-7H2,1-2H3. The van der Waals surface area contributed by atoms with E-state index in [-0.39, 0.29) is 17.7 Å². The summed E-state index contributed by atoms with van der Waals surface area (Å²) < 4.78 is 26.7. The molecule has 0 aromatic heterocycles. The van der Waals surface area contributed by atoms with Crippen LogP contribution in [0.4, 0.5) is 0 Å². The Morgan fingerprint density at radius 1 is 1.24 bits per heavy atom. The van der Waals surface area contributed by atoms with Gasteiger partial charge in [-0.15, -0.1) is 0 Å². The summed E-state index contributed by atoms with van der Waals surface area (Å²) in [7, 11) is -3.52. The molecule has 0 aromatic carbocycles. The number of carbonyl (C=O) groups is 1. The van der Waals surface area contributed by atoms with Gasteiger partial charge in [-0.1, -0.05) is 13.8 Å². The van der Waals surface area contributed by atoms with Gasteiger partial charge in [0.05, 0.1) is 0 Å². The minimum Gasteiger partial charge on any atom is -0.298 e. The third-order valence-corrected chi connectivity index (χ3v) is 7.67. The lowest BCUT2D eigenvalue weighted by atomic mass is 9.81. The first-order chi connectivity index (χ1) is 7.81. The Morgan fingerprint density at radius 3 is 2.29 bits per heavy atom. The molecule has 17 heavy (non-hydrogen) atoms. The van der Waals surface area contributed by atoms with Gasteiger partial charge >= 0.3 is 0 Å². The van der Waals surface area contributed by atoms with Crippen LogP contribution in [0.1, 0.15) is 46.0 Å². The highest BCUT2D eigenvalue weighted by Crippen LogP contribution is 2.61. The lowest BCUT2D eigenvalue weighted by molar-refractivity contribution is -0.121. The number of ketones is 1. The lowest BCUT2D eigenvalue weighted by Gasteiger charge is -2.35. The Morgan fingerprint density at radius 2 is 1.88 bits per heavy atom. The van der Waals surface area contributed by atoms with Crippen molar-refractivity contribution in [2.75, 3.05) is 0 Å². The highest BCUT2D eigenvalue weighted by molar-refractivity contribution is 7.91. The van der Waals surface area contributed by atoms with Crippen LogP contribution in [-0.4, -0.2) is 25.0 Å². The Kier molecular flexibility index (Phi) is 2.14. The molecule has 3 aliphatic rings. The normalized spacial score (nSPS) is 39.9. The molecule has 0 saturated heterocycles. The molecule has 4 nitrogen and oxygen atoms in total. The molecule has 2 bridgehead atoms. The molecule has 0 amide bonds. The van der Waals surface area contributed by atoms with Crippen molar-refractivity contribution >= 4 is 15.8 Å². The first-order valence-electron chi connectivity index (χ1n) is 6.36. The molecule has 0 heterocycles. The van der Waals surface area contributed by atoms with Gasteiger partial charge < -0.3 is 0 Å². The highest BCUT2D eigenvalue weighted by atomic mass is 32.2. The van der Waals surface area contributed by atoms with E-state index in [0.29, 0.717) is 12.8 Å². The van der Waals surface area contributed by atoms with Gasteiger partial charge in [0, 0.05) is 12.5 Å². The zero-order chi connectivity index (χ0) is 12.5. The SMILES string of the molecule is CC1(C)C2CCC1(S(=O)(=O)NC1CC1)C(=O)C2. The van der Waals surface area contributed by atoms with Gasteiger partial charge in [0.15, 0.2) is 5.78 Å². The predicted molar refractivity (Wildman–Crippen MR) is 63.9 cm³/mol. The van der Waals surface area contributed by atoms with Crippen LogP contribution in [0.3, 0.4) is 0 Å². The molecule has 96 valence electrons. The minimum absolute atomic E-state index is 0.0631. The average molecular weight is 257 g/mol. The number of sulfonamides is 1. The molecule has 0 aromatic rings. The predicted octanol–water partition coefficient (Wildman–Crippen LogP) is 1.22. The Bertz CT molecular complexity index is 478. The first kappa shape index (κ1) is 11.7. The van der Waals surface area contributed by atoms with E-state index in [9.17, 15) is 13.2 Å². The van der Waals surface area contributed by atoms with E-state index in [2.05, 4.69) is 4.72 Å². The van der Waals surface area contributed by atoms with Crippen LogP contribution in [0.2, 0.25) is 0 Å². The molecule has 3 rings (SSSR count). The Labute approximate surface area is 102 Å². The number of rotatable bonds is 3. The molecular weight excluding hydrogens is 238 g/mol. The van der Waals surface area contributed by atoms with Crippen molar-refractivity contribution in [1.82, 2.24) is 4.72 Å². The van der Waals surface area contributed by atoms with E-state index in [0.717, 1.165) is 19.3 Å². The lowest BCUT2D eigenvalue weighted by Crippen LogP contribution is -2.55. The van der Waals surface area contributed by atoms with Crippen LogP contribution in [-0.2, 0) is 14.8 Å². The van der Waals surface area contributed by atoms with E-state index in [1.165, 1.54) is 0 Å². The second-order valence-electron chi connectivity index (χ2n) is 6.31. The van der Waals surface area contributed by atoms with Gasteiger partial charge in [-0.3, -0.25) is 4.79 Å². The smallest absolute Gasteiger partial charge is 0.225 e. The molecule has 2 unspecified atom stereocenters. The zero-order valence-corrected chi connectivity index (χ0v) is 11.1. The van der Waals surface area contributed by atoms with Gasteiger partial charge in [0.25, 0.3) is 0 Å². The summed E-state index contributed by atoms with van der Waals surface area (Å²) in [5.41, 5.74) is -0.412. The summed E-state index contributed by atoms with van der Waals surface area (Å²) in [5.74, 6) is 0.178. The molecule has 0 aliphatic heterocycles. The van der Waals surface area contributed by atoms with Crippen molar-refractivity contribution in [3.8, 4) is 0 Å². The number of carbonyl (C=O) groups excluding carboxylic acids is 1. The number of hydrogen-bond acceptors (Lipinski definition) is 3. The number of hydrogen-bond donors (Lipinski definition) is 1. The second kappa shape index (κ2) is 3.12. The third kappa shape index (κ3) is 1.27. The van der Waals surface area contributed by atoms with Crippen molar-refractivity contribution < 1.29 is 13.2 Å². The third-order valence-electron chi connectivity index (χ3n) is 5.15. The van der Waals surface area contributed by atoms with E-state index in [1.54, 1.807) is 0 Å². The van der Waals surface area contributed by atoms with Crippen LogP contribution in [0.15, 0.2) is 0 Å². The fourth-order valence-electron chi connectivity index (χ4n) is 3.79. The molecule has 1 N–H and O–H groups in total. The van der Waals surface area contributed by atoms with E-state index < -0.39 is 20.2 Å². The van der Waals surface area contributed by atoms with Crippen molar-refractivity contribution in [2.45, 2.75) is 56.7 Å². The van der Waals surface area contributed by atoms with Gasteiger partial charge in [-0.25, -0.2) is 13.1 Å². The van der Waals surface area contributed by atoms with Crippen LogP contribution in [0.5, 0.6) is 0 Å². The number of nitrogens with one attached hydrogen (secondary N) is 1. The fraction of sp³-hybridized carbons (Fsp3) is 0.917. The van der Waals surface area contributed by atoms with E-state index in [1.807, 2.05) is 13.8 Å². The van der Waals surface area contributed by atoms with Crippen molar-refractivity contribution in [2.24, 2.45) is 11.3 Å². The summed E-state index contributed by atoms with van der Waals surface area (Å²) in [6.45, 7) is 3.89. The monoisotopic (exact) mass is 257 g/mol. The van der Waals surface area contributed by atoms with Crippen LogP contribution in [0, 0.1) is 11.3 Å². The van der Waals surface area contributed by atoms with Gasteiger partial charge in [0.2, 0.25) is 10.0 Å². The molecule has 3 fully saturated rings. The molecule has 0 spiro atoms. The molecule has 0 radical (unpaired) electrons. The summed E-state index contributed by atoms with van der Waals surface area (Å²) in [4.78, 5) is 12.2. The second-order valence-corrected chi connectivity index (χ2v) is 8.25. The highest BCUT2D eigenvalue weighted by Gasteiger charge is 2.71. The molecule has 3 aliphatic carbocycles. The summed E-state index contributed by atoms with van der Waals surface area (Å²) in [6, 6.07) is 0.0811. The maximum absolute atomic E-state index is 12.6. The molecule has 2 atom stereocenters. The van der Waals surface area contributed by atoms with Gasteiger partial charge in [-0.2, -0.15) is 0 Å². The minimum atomic E-state index is -3.52. The van der Waals surface area contributed by atoms with Crippen molar-refractivity contribution in [3.63, 3.8) is 0 Å².